The van der Waals surface area contributed by atoms with Gasteiger partial charge in [0.05, 0.1) is 11.4 Å². The summed E-state index contributed by atoms with van der Waals surface area (Å²) < 4.78 is 0. The summed E-state index contributed by atoms with van der Waals surface area (Å²) in [5.74, 6) is 0.671. The molecule has 0 fully saturated rings. The Morgan fingerprint density at radius 2 is 1.20 bits per heavy atom. The number of pyridine rings is 1. The Labute approximate surface area is 151 Å². The molecule has 0 N–H and O–H groups in total. The first-order valence-corrected chi connectivity index (χ1v) is 8.28. The molecule has 0 aliphatic heterocycles. The van der Waals surface area contributed by atoms with Gasteiger partial charge in [0.25, 0.3) is 0 Å². The summed E-state index contributed by atoms with van der Waals surface area (Å²) in [5, 5.41) is 0.692. The third-order valence-electron chi connectivity index (χ3n) is 3.87. The quantitative estimate of drug-likeness (QED) is 0.491. The number of hydrogen-bond donors (Lipinski definition) is 0. The third-order valence-corrected chi connectivity index (χ3v) is 4.13. The molecule has 0 spiro atoms. The first kappa shape index (κ1) is 15.5. The van der Waals surface area contributed by atoms with Crippen LogP contribution in [-0.2, 0) is 0 Å². The van der Waals surface area contributed by atoms with Crippen LogP contribution in [0.25, 0.3) is 33.9 Å². The number of halogens is 1. The summed E-state index contributed by atoms with van der Waals surface area (Å²) in [7, 11) is 0. The smallest absolute Gasteiger partial charge is 0.160 e. The lowest BCUT2D eigenvalue weighted by molar-refractivity contribution is 1.18. The third kappa shape index (κ3) is 3.42. The molecule has 0 amide bonds. The molecule has 0 saturated carbocycles. The van der Waals surface area contributed by atoms with Gasteiger partial charge in [-0.2, -0.15) is 0 Å². The molecule has 120 valence electrons. The van der Waals surface area contributed by atoms with E-state index in [9.17, 15) is 0 Å². The Morgan fingerprint density at radius 1 is 0.600 bits per heavy atom. The standard InChI is InChI=1S/C21H14ClN3/c22-18-8-6-17(7-9-18)21-24-19(15-4-2-1-3-5-15)14-20(25-21)16-10-12-23-13-11-16/h1-14H. The zero-order chi connectivity index (χ0) is 17.1. The number of hydrogen-bond acceptors (Lipinski definition) is 3. The van der Waals surface area contributed by atoms with Crippen LogP contribution in [-0.4, -0.2) is 15.0 Å². The second-order valence-electron chi connectivity index (χ2n) is 5.57. The van der Waals surface area contributed by atoms with Crippen molar-refractivity contribution >= 4 is 11.6 Å². The second-order valence-corrected chi connectivity index (χ2v) is 6.01. The van der Waals surface area contributed by atoms with Crippen molar-refractivity contribution in [3.63, 3.8) is 0 Å². The van der Waals surface area contributed by atoms with E-state index in [2.05, 4.69) is 4.98 Å². The van der Waals surface area contributed by atoms with Gasteiger partial charge in [-0.1, -0.05) is 41.9 Å². The molecule has 2 heterocycles. The van der Waals surface area contributed by atoms with Crippen LogP contribution in [0.5, 0.6) is 0 Å². The van der Waals surface area contributed by atoms with Crippen LogP contribution in [0, 0.1) is 0 Å². The molecule has 0 saturated heterocycles. The fraction of sp³-hybridized carbons (Fsp3) is 0. The summed E-state index contributed by atoms with van der Waals surface area (Å²) in [6.45, 7) is 0. The summed E-state index contributed by atoms with van der Waals surface area (Å²) in [6.07, 6.45) is 3.53. The van der Waals surface area contributed by atoms with Crippen molar-refractivity contribution in [2.45, 2.75) is 0 Å². The van der Waals surface area contributed by atoms with E-state index >= 15 is 0 Å². The highest BCUT2D eigenvalue weighted by atomic mass is 35.5. The summed E-state index contributed by atoms with van der Waals surface area (Å²) in [4.78, 5) is 13.6. The molecule has 2 aromatic heterocycles. The minimum Gasteiger partial charge on any atom is -0.265 e. The van der Waals surface area contributed by atoms with E-state index in [0.29, 0.717) is 10.8 Å². The van der Waals surface area contributed by atoms with E-state index in [1.165, 1.54) is 0 Å². The molecular formula is C21H14ClN3. The average molecular weight is 344 g/mol. The molecule has 0 atom stereocenters. The number of aromatic nitrogens is 3. The highest BCUT2D eigenvalue weighted by Gasteiger charge is 2.10. The van der Waals surface area contributed by atoms with E-state index in [0.717, 1.165) is 28.1 Å². The van der Waals surface area contributed by atoms with E-state index < -0.39 is 0 Å². The lowest BCUT2D eigenvalue weighted by Crippen LogP contribution is -1.95. The predicted octanol–water partition coefficient (Wildman–Crippen LogP) is 5.53. The van der Waals surface area contributed by atoms with Crippen molar-refractivity contribution in [2.75, 3.05) is 0 Å². The number of rotatable bonds is 3. The normalized spacial score (nSPS) is 10.6. The van der Waals surface area contributed by atoms with E-state index in [4.69, 9.17) is 21.6 Å². The van der Waals surface area contributed by atoms with Crippen LogP contribution < -0.4 is 0 Å². The van der Waals surface area contributed by atoms with Crippen LogP contribution >= 0.6 is 11.6 Å². The Bertz CT molecular complexity index is 927. The van der Waals surface area contributed by atoms with Gasteiger partial charge in [0.2, 0.25) is 0 Å². The maximum Gasteiger partial charge on any atom is 0.160 e. The molecular weight excluding hydrogens is 330 g/mol. The Kier molecular flexibility index (Phi) is 4.23. The van der Waals surface area contributed by atoms with Gasteiger partial charge < -0.3 is 0 Å². The van der Waals surface area contributed by atoms with Gasteiger partial charge >= 0.3 is 0 Å². The van der Waals surface area contributed by atoms with Gasteiger partial charge in [-0.05, 0) is 42.5 Å². The predicted molar refractivity (Wildman–Crippen MR) is 101 cm³/mol. The van der Waals surface area contributed by atoms with Crippen molar-refractivity contribution in [3.05, 3.63) is 90.2 Å². The van der Waals surface area contributed by atoms with Crippen LogP contribution in [0.15, 0.2) is 85.2 Å². The molecule has 25 heavy (non-hydrogen) atoms. The molecule has 3 nitrogen and oxygen atoms in total. The van der Waals surface area contributed by atoms with Gasteiger partial charge in [0.1, 0.15) is 0 Å². The van der Waals surface area contributed by atoms with E-state index in [1.807, 2.05) is 72.8 Å². The van der Waals surface area contributed by atoms with Crippen molar-refractivity contribution in [2.24, 2.45) is 0 Å². The van der Waals surface area contributed by atoms with Crippen LogP contribution in [0.1, 0.15) is 0 Å². The number of benzene rings is 2. The Balaban J connectivity index is 1.90. The Hall–Kier alpha value is -3.04. The average Bonchev–Trinajstić information content (AvgIpc) is 2.69. The minimum atomic E-state index is 0.671. The van der Waals surface area contributed by atoms with Crippen molar-refractivity contribution in [1.82, 2.24) is 15.0 Å². The molecule has 0 aliphatic carbocycles. The summed E-state index contributed by atoms with van der Waals surface area (Å²) in [5.41, 5.74) is 4.73. The molecule has 0 bridgehead atoms. The highest BCUT2D eigenvalue weighted by Crippen LogP contribution is 2.27. The second kappa shape index (κ2) is 6.83. The summed E-state index contributed by atoms with van der Waals surface area (Å²) in [6, 6.07) is 23.6. The highest BCUT2D eigenvalue weighted by molar-refractivity contribution is 6.30. The molecule has 0 unspecified atom stereocenters. The van der Waals surface area contributed by atoms with Crippen molar-refractivity contribution < 1.29 is 0 Å². The lowest BCUT2D eigenvalue weighted by Gasteiger charge is -2.09. The SMILES string of the molecule is Clc1ccc(-c2nc(-c3ccccc3)cc(-c3ccncc3)n2)cc1. The zero-order valence-electron chi connectivity index (χ0n) is 13.3. The molecule has 4 rings (SSSR count). The first-order chi connectivity index (χ1) is 12.3. The largest absolute Gasteiger partial charge is 0.265 e. The van der Waals surface area contributed by atoms with E-state index in [-0.39, 0.29) is 0 Å². The van der Waals surface area contributed by atoms with Gasteiger partial charge in [-0.3, -0.25) is 4.98 Å². The topological polar surface area (TPSA) is 38.7 Å². The Morgan fingerprint density at radius 3 is 1.84 bits per heavy atom. The maximum atomic E-state index is 6.01. The monoisotopic (exact) mass is 343 g/mol. The fourth-order valence-electron chi connectivity index (χ4n) is 2.60. The van der Waals surface area contributed by atoms with E-state index in [1.54, 1.807) is 12.4 Å². The van der Waals surface area contributed by atoms with Crippen LogP contribution in [0.3, 0.4) is 0 Å². The van der Waals surface area contributed by atoms with Crippen molar-refractivity contribution in [1.29, 1.82) is 0 Å². The molecule has 4 heteroatoms. The molecule has 0 aliphatic rings. The minimum absolute atomic E-state index is 0.671. The number of nitrogens with zero attached hydrogens (tertiary/aromatic N) is 3. The van der Waals surface area contributed by atoms with Gasteiger partial charge in [-0.25, -0.2) is 9.97 Å². The first-order valence-electron chi connectivity index (χ1n) is 7.90. The van der Waals surface area contributed by atoms with Gasteiger partial charge in [0.15, 0.2) is 5.82 Å². The zero-order valence-corrected chi connectivity index (χ0v) is 14.1. The van der Waals surface area contributed by atoms with Gasteiger partial charge in [-0.15, -0.1) is 0 Å². The van der Waals surface area contributed by atoms with Crippen LogP contribution in [0.4, 0.5) is 0 Å². The fourth-order valence-corrected chi connectivity index (χ4v) is 2.73. The maximum absolute atomic E-state index is 6.01. The molecule has 0 radical (unpaired) electrons. The van der Waals surface area contributed by atoms with Gasteiger partial charge in [0, 0.05) is 34.1 Å². The van der Waals surface area contributed by atoms with Crippen molar-refractivity contribution in [3.8, 4) is 33.9 Å². The lowest BCUT2D eigenvalue weighted by atomic mass is 10.1. The summed E-state index contributed by atoms with van der Waals surface area (Å²) >= 11 is 6.01. The molecule has 2 aromatic carbocycles. The van der Waals surface area contributed by atoms with Crippen LogP contribution in [0.2, 0.25) is 5.02 Å². The molecule has 4 aromatic rings.